The van der Waals surface area contributed by atoms with Gasteiger partial charge in [0.15, 0.2) is 5.75 Å². The van der Waals surface area contributed by atoms with Crippen LogP contribution >= 0.6 is 0 Å². The molecule has 1 aromatic heterocycles. The van der Waals surface area contributed by atoms with Gasteiger partial charge in [0.1, 0.15) is 28.6 Å². The molecule has 0 fully saturated rings. The average Bonchev–Trinajstić information content (AvgIpc) is 3.08. The summed E-state index contributed by atoms with van der Waals surface area (Å²) in [5.74, 6) is 0.910. The second-order valence-electron chi connectivity index (χ2n) is 12.0. The Morgan fingerprint density at radius 2 is 1.49 bits per heavy atom. The minimum atomic E-state index is -0.667. The van der Waals surface area contributed by atoms with Gasteiger partial charge in [0, 0.05) is 34.8 Å². The number of urea groups is 1. The van der Waals surface area contributed by atoms with Crippen LogP contribution in [-0.4, -0.2) is 44.2 Å². The predicted molar refractivity (Wildman–Crippen MR) is 189 cm³/mol. The molecular weight excluding hydrogens is 626 g/mol. The molecule has 0 aliphatic carbocycles. The lowest BCUT2D eigenvalue weighted by Crippen LogP contribution is -2.23. The molecule has 12 nitrogen and oxygen atoms in total. The SMILES string of the molecule is COC(=O)c1ccc(Nc2cc(Oc3ccc(NC(=O)Nc4cc(C(C)(C)C)cc(C(N)=O)c4OC)c4ccccc34)ccn2)cc1OC. The number of esters is 1. The molecule has 49 heavy (non-hydrogen) atoms. The highest BCUT2D eigenvalue weighted by Crippen LogP contribution is 2.37. The number of carbonyl (C=O) groups excluding carboxylic acids is 3. The summed E-state index contributed by atoms with van der Waals surface area (Å²) in [5.41, 5.74) is 8.07. The van der Waals surface area contributed by atoms with Gasteiger partial charge in [0.25, 0.3) is 5.91 Å². The number of anilines is 4. The number of methoxy groups -OCH3 is 3. The van der Waals surface area contributed by atoms with Crippen molar-refractivity contribution in [2.75, 3.05) is 37.3 Å². The normalized spacial score (nSPS) is 11.0. The van der Waals surface area contributed by atoms with E-state index in [1.54, 1.807) is 60.8 Å². The molecule has 5 rings (SSSR count). The summed E-state index contributed by atoms with van der Waals surface area (Å²) in [6.45, 7) is 5.98. The number of amides is 3. The molecule has 0 saturated carbocycles. The number of carbonyl (C=O) groups is 3. The Balaban J connectivity index is 1.37. The van der Waals surface area contributed by atoms with Gasteiger partial charge in [-0.15, -0.1) is 0 Å². The van der Waals surface area contributed by atoms with Crippen LogP contribution in [0.1, 0.15) is 47.1 Å². The van der Waals surface area contributed by atoms with Crippen LogP contribution in [0.3, 0.4) is 0 Å². The van der Waals surface area contributed by atoms with Crippen molar-refractivity contribution in [1.29, 1.82) is 0 Å². The van der Waals surface area contributed by atoms with E-state index in [1.165, 1.54) is 21.3 Å². The summed E-state index contributed by atoms with van der Waals surface area (Å²) < 4.78 is 21.9. The maximum Gasteiger partial charge on any atom is 0.341 e. The maximum atomic E-state index is 13.3. The monoisotopic (exact) mass is 663 g/mol. The summed E-state index contributed by atoms with van der Waals surface area (Å²) >= 11 is 0. The van der Waals surface area contributed by atoms with Crippen molar-refractivity contribution in [3.05, 3.63) is 102 Å². The predicted octanol–water partition coefficient (Wildman–Crippen LogP) is 7.61. The van der Waals surface area contributed by atoms with Gasteiger partial charge in [-0.2, -0.15) is 0 Å². The van der Waals surface area contributed by atoms with Gasteiger partial charge in [-0.3, -0.25) is 4.79 Å². The standard InChI is InChI=1S/C37H37N5O7/c1-37(2,3)21-17-27(34(38)43)33(47-5)29(18-21)42-36(45)41-28-13-14-30(25-10-8-7-9-24(25)28)49-23-15-16-39-32(20-23)40-22-11-12-26(35(44)48-6)31(19-22)46-4/h7-20H,1-6H3,(H2,38,43)(H,39,40)(H2,41,42,45). The molecule has 0 aliphatic heterocycles. The van der Waals surface area contributed by atoms with E-state index in [0.29, 0.717) is 45.7 Å². The van der Waals surface area contributed by atoms with E-state index in [0.717, 1.165) is 16.3 Å². The van der Waals surface area contributed by atoms with Crippen LogP contribution in [0.5, 0.6) is 23.0 Å². The Bertz CT molecular complexity index is 2060. The first-order chi connectivity index (χ1) is 23.4. The van der Waals surface area contributed by atoms with E-state index in [4.69, 9.17) is 24.7 Å². The summed E-state index contributed by atoms with van der Waals surface area (Å²) in [5, 5.41) is 10.4. The van der Waals surface area contributed by atoms with Gasteiger partial charge in [-0.05, 0) is 53.4 Å². The van der Waals surface area contributed by atoms with Gasteiger partial charge in [-0.25, -0.2) is 14.6 Å². The van der Waals surface area contributed by atoms with Crippen LogP contribution in [0.2, 0.25) is 0 Å². The second kappa shape index (κ2) is 14.2. The number of primary amides is 1. The van der Waals surface area contributed by atoms with Crippen molar-refractivity contribution in [1.82, 2.24) is 4.98 Å². The fourth-order valence-electron chi connectivity index (χ4n) is 5.17. The first kappa shape index (κ1) is 34.0. The Morgan fingerprint density at radius 3 is 2.16 bits per heavy atom. The zero-order valence-corrected chi connectivity index (χ0v) is 28.0. The number of nitrogens with one attached hydrogen (secondary N) is 3. The average molecular weight is 664 g/mol. The molecule has 3 amide bonds. The van der Waals surface area contributed by atoms with E-state index in [1.807, 2.05) is 45.0 Å². The molecule has 0 radical (unpaired) electrons. The van der Waals surface area contributed by atoms with E-state index >= 15 is 0 Å². The molecule has 0 unspecified atom stereocenters. The third kappa shape index (κ3) is 7.65. The molecule has 0 atom stereocenters. The highest BCUT2D eigenvalue weighted by atomic mass is 16.5. The zero-order chi connectivity index (χ0) is 35.3. The topological polar surface area (TPSA) is 163 Å². The van der Waals surface area contributed by atoms with E-state index in [-0.39, 0.29) is 16.7 Å². The quantitative estimate of drug-likeness (QED) is 0.110. The maximum absolute atomic E-state index is 13.3. The minimum absolute atomic E-state index is 0.169. The Kier molecular flexibility index (Phi) is 9.88. The van der Waals surface area contributed by atoms with Crippen LogP contribution < -0.4 is 35.9 Å². The lowest BCUT2D eigenvalue weighted by molar-refractivity contribution is 0.0597. The fraction of sp³-hybridized carbons (Fsp3) is 0.189. The number of ether oxygens (including phenoxy) is 4. The molecular formula is C37H37N5O7. The number of nitrogens with two attached hydrogens (primary N) is 1. The Labute approximate surface area is 283 Å². The molecule has 0 spiro atoms. The van der Waals surface area contributed by atoms with Crippen molar-refractivity contribution in [2.45, 2.75) is 26.2 Å². The lowest BCUT2D eigenvalue weighted by atomic mass is 9.85. The van der Waals surface area contributed by atoms with E-state index < -0.39 is 17.9 Å². The molecule has 4 aromatic carbocycles. The fourth-order valence-corrected chi connectivity index (χ4v) is 5.17. The van der Waals surface area contributed by atoms with Crippen LogP contribution in [0.15, 0.2) is 85.1 Å². The van der Waals surface area contributed by atoms with Crippen molar-refractivity contribution < 1.29 is 33.3 Å². The van der Waals surface area contributed by atoms with Crippen LogP contribution in [-0.2, 0) is 10.2 Å². The van der Waals surface area contributed by atoms with Gasteiger partial charge >= 0.3 is 12.0 Å². The smallest absolute Gasteiger partial charge is 0.341 e. The van der Waals surface area contributed by atoms with Crippen molar-refractivity contribution in [2.24, 2.45) is 5.73 Å². The third-order valence-electron chi connectivity index (χ3n) is 7.64. The van der Waals surface area contributed by atoms with Crippen molar-refractivity contribution >= 4 is 51.6 Å². The number of pyridine rings is 1. The summed E-state index contributed by atoms with van der Waals surface area (Å²) in [6.07, 6.45) is 1.60. The number of aromatic nitrogens is 1. The molecule has 12 heteroatoms. The van der Waals surface area contributed by atoms with E-state index in [2.05, 4.69) is 20.9 Å². The number of fused-ring (bicyclic) bond motifs is 1. The molecule has 252 valence electrons. The second-order valence-corrected chi connectivity index (χ2v) is 12.0. The number of nitrogens with zero attached hydrogens (tertiary/aromatic N) is 1. The zero-order valence-electron chi connectivity index (χ0n) is 28.0. The van der Waals surface area contributed by atoms with Gasteiger partial charge in [-0.1, -0.05) is 45.0 Å². The van der Waals surface area contributed by atoms with Gasteiger partial charge in [0.2, 0.25) is 0 Å². The number of hydrogen-bond acceptors (Lipinski definition) is 9. The first-order valence-electron chi connectivity index (χ1n) is 15.2. The number of hydrogen-bond donors (Lipinski definition) is 4. The summed E-state index contributed by atoms with van der Waals surface area (Å²) in [7, 11) is 4.19. The highest BCUT2D eigenvalue weighted by Gasteiger charge is 2.23. The van der Waals surface area contributed by atoms with Crippen LogP contribution in [0.25, 0.3) is 10.8 Å². The Hall–Kier alpha value is -6.30. The largest absolute Gasteiger partial charge is 0.496 e. The number of benzene rings is 4. The molecule has 0 bridgehead atoms. The van der Waals surface area contributed by atoms with E-state index in [9.17, 15) is 14.4 Å². The third-order valence-corrected chi connectivity index (χ3v) is 7.64. The van der Waals surface area contributed by atoms with Crippen LogP contribution in [0, 0.1) is 0 Å². The van der Waals surface area contributed by atoms with Crippen LogP contribution in [0.4, 0.5) is 27.7 Å². The van der Waals surface area contributed by atoms with Gasteiger partial charge < -0.3 is 40.6 Å². The molecule has 1 heterocycles. The molecule has 5 aromatic rings. The minimum Gasteiger partial charge on any atom is -0.496 e. The first-order valence-corrected chi connectivity index (χ1v) is 15.2. The number of rotatable bonds is 10. The van der Waals surface area contributed by atoms with Crippen molar-refractivity contribution in [3.8, 4) is 23.0 Å². The lowest BCUT2D eigenvalue weighted by Gasteiger charge is -2.23. The highest BCUT2D eigenvalue weighted by molar-refractivity contribution is 6.09. The molecule has 0 saturated heterocycles. The van der Waals surface area contributed by atoms with Crippen molar-refractivity contribution in [3.63, 3.8) is 0 Å². The summed E-state index contributed by atoms with van der Waals surface area (Å²) in [4.78, 5) is 42.0. The summed E-state index contributed by atoms with van der Waals surface area (Å²) in [6, 6.07) is 22.3. The molecule has 0 aliphatic rings. The molecule has 5 N–H and O–H groups in total. The Morgan fingerprint density at radius 1 is 0.755 bits per heavy atom. The van der Waals surface area contributed by atoms with Gasteiger partial charge in [0.05, 0.1) is 38.3 Å².